The van der Waals surface area contributed by atoms with Crippen molar-refractivity contribution >= 4 is 11.5 Å². The minimum atomic E-state index is -0.656. The molecule has 51 heavy (non-hydrogen) atoms. The van der Waals surface area contributed by atoms with Crippen LogP contribution in [0.3, 0.4) is 0 Å². The van der Waals surface area contributed by atoms with Crippen LogP contribution in [0.15, 0.2) is 42.2 Å². The molecule has 3 aliphatic carbocycles. The Kier molecular flexibility index (Phi) is 11.8. The van der Waals surface area contributed by atoms with Crippen LogP contribution in [0.25, 0.3) is 0 Å². The first-order valence-electron chi connectivity index (χ1n) is 19.8. The normalized spacial score (nSPS) is 43.2. The Labute approximate surface area is 307 Å². The van der Waals surface area contributed by atoms with Gasteiger partial charge in [0, 0.05) is 38.2 Å². The van der Waals surface area contributed by atoms with Crippen molar-refractivity contribution < 1.29 is 33.6 Å². The van der Waals surface area contributed by atoms with Gasteiger partial charge in [-0.05, 0) is 105 Å². The van der Waals surface area contributed by atoms with Crippen LogP contribution in [0, 0.1) is 54.8 Å². The van der Waals surface area contributed by atoms with E-state index in [-0.39, 0.29) is 83.3 Å². The zero-order chi connectivity index (χ0) is 36.8. The maximum absolute atomic E-state index is 14.5. The van der Waals surface area contributed by atoms with Crippen LogP contribution in [0.5, 0.6) is 0 Å². The highest BCUT2D eigenvalue weighted by Gasteiger charge is 2.64. The van der Waals surface area contributed by atoms with Crippen LogP contribution < -0.4 is 5.32 Å². The lowest BCUT2D eigenvalue weighted by Crippen LogP contribution is -2.58. The summed E-state index contributed by atoms with van der Waals surface area (Å²) in [6, 6.07) is 6.05. The first-order valence-corrected chi connectivity index (χ1v) is 19.8. The molecule has 15 atom stereocenters. The third-order valence-corrected chi connectivity index (χ3v) is 13.8. The van der Waals surface area contributed by atoms with Crippen LogP contribution in [0.1, 0.15) is 97.1 Å². The van der Waals surface area contributed by atoms with Crippen molar-refractivity contribution in [1.29, 1.82) is 0 Å². The zero-order valence-corrected chi connectivity index (χ0v) is 32.7. The van der Waals surface area contributed by atoms with Crippen LogP contribution in [-0.4, -0.2) is 74.1 Å². The van der Waals surface area contributed by atoms with Crippen molar-refractivity contribution in [3.63, 3.8) is 0 Å². The number of para-hydroxylation sites is 1. The van der Waals surface area contributed by atoms with Crippen LogP contribution in [-0.2, 0) is 28.5 Å². The minimum Gasteiger partial charge on any atom is -0.495 e. The number of carbonyl (C=O) groups is 1. The summed E-state index contributed by atoms with van der Waals surface area (Å²) in [5.41, 5.74) is 3.97. The van der Waals surface area contributed by atoms with E-state index in [1.165, 1.54) is 0 Å². The fraction of sp³-hybridized carbons (Fsp3) is 0.744. The predicted octanol–water partition coefficient (Wildman–Crippen LogP) is 7.94. The van der Waals surface area contributed by atoms with Crippen molar-refractivity contribution in [3.8, 4) is 0 Å². The summed E-state index contributed by atoms with van der Waals surface area (Å²) >= 11 is 0. The number of fused-ring (bicyclic) bond motifs is 5. The minimum absolute atomic E-state index is 0.0290. The molecule has 3 unspecified atom stereocenters. The number of benzene rings is 1. The van der Waals surface area contributed by atoms with Crippen molar-refractivity contribution in [2.45, 2.75) is 149 Å². The molecular formula is C43H65NO7. The van der Waals surface area contributed by atoms with Gasteiger partial charge >= 0.3 is 0 Å². The van der Waals surface area contributed by atoms with Gasteiger partial charge in [0.2, 0.25) is 0 Å². The summed E-state index contributed by atoms with van der Waals surface area (Å²) in [6.07, 6.45) is 7.62. The molecule has 0 spiro atoms. The second-order valence-electron chi connectivity index (χ2n) is 17.0. The summed E-state index contributed by atoms with van der Waals surface area (Å²) in [6.45, 7) is 19.4. The Hall–Kier alpha value is -2.23. The summed E-state index contributed by atoms with van der Waals surface area (Å²) in [4.78, 5) is 14.5. The van der Waals surface area contributed by atoms with Crippen LogP contribution in [0.2, 0.25) is 0 Å². The number of anilines is 1. The smallest absolute Gasteiger partial charge is 0.163 e. The van der Waals surface area contributed by atoms with Gasteiger partial charge in [-0.1, -0.05) is 65.0 Å². The maximum atomic E-state index is 14.5. The summed E-state index contributed by atoms with van der Waals surface area (Å²) in [7, 11) is 3.43. The van der Waals surface area contributed by atoms with E-state index in [9.17, 15) is 9.90 Å². The number of aryl methyl sites for hydroxylation is 2. The van der Waals surface area contributed by atoms with Crippen LogP contribution in [0.4, 0.5) is 5.69 Å². The Balaban J connectivity index is 1.38. The number of Topliss-reactive ketones (excluding diaryl/α,β-unsaturated/α-hetero) is 1. The van der Waals surface area contributed by atoms with Crippen molar-refractivity contribution in [3.05, 3.63) is 53.3 Å². The molecule has 2 N–H and O–H groups in total. The molecule has 8 nitrogen and oxygen atoms in total. The van der Waals surface area contributed by atoms with E-state index in [4.69, 9.17) is 23.7 Å². The Morgan fingerprint density at radius 3 is 2.41 bits per heavy atom. The molecular weight excluding hydrogens is 642 g/mol. The highest BCUT2D eigenvalue weighted by Crippen LogP contribution is 2.64. The van der Waals surface area contributed by atoms with Gasteiger partial charge in [-0.2, -0.15) is 0 Å². The van der Waals surface area contributed by atoms with E-state index in [2.05, 4.69) is 77.7 Å². The number of rotatable bonds is 7. The number of allylic oxidation sites excluding steroid dienone is 3. The van der Waals surface area contributed by atoms with Gasteiger partial charge < -0.3 is 34.1 Å². The van der Waals surface area contributed by atoms with E-state index in [1.54, 1.807) is 14.2 Å². The molecule has 1 aromatic rings. The molecule has 284 valence electrons. The number of nitrogens with one attached hydrogen (secondary N) is 1. The molecule has 6 rings (SSSR count). The summed E-state index contributed by atoms with van der Waals surface area (Å²) in [5.74, 6) is 0.787. The fourth-order valence-electron chi connectivity index (χ4n) is 10.9. The number of methoxy groups -OCH3 is 2. The van der Waals surface area contributed by atoms with Gasteiger partial charge in [0.25, 0.3) is 0 Å². The molecule has 1 aromatic carbocycles. The molecule has 0 bridgehead atoms. The summed E-state index contributed by atoms with van der Waals surface area (Å²) in [5, 5.41) is 16.6. The van der Waals surface area contributed by atoms with E-state index in [0.717, 1.165) is 66.7 Å². The molecule has 2 aliphatic heterocycles. The number of ketones is 1. The number of hydrogen-bond acceptors (Lipinski definition) is 8. The highest BCUT2D eigenvalue weighted by molar-refractivity contribution is 5.98. The molecule has 2 heterocycles. The first-order chi connectivity index (χ1) is 24.3. The third kappa shape index (κ3) is 7.22. The number of aliphatic hydroxyl groups excluding tert-OH is 1. The average Bonchev–Trinajstić information content (AvgIpc) is 3.64. The maximum Gasteiger partial charge on any atom is 0.163 e. The standard InChI is InChI=1S/C43H65NO7/c1-11-29-18-13-12-15-25(4)38(45)32-21-33-35(31(32)19-26(5)49-29)37(44-36-23(2)16-14-17-24(36)3)39(46)34-20-30(22-43(33,34)8)51-42-27(6)40(47-9)41(48-10)28(7)50-42/h14,16-17,21,25,27-31,33-35,37,39-42,44,46H,5,11-13,15,18-20,22H2,1-4,6-10H3/t25-,27?,28?,29+,30-,31-,33-,34+,35+,37-,39-,40?,41+,42+,43+/m1/s1. The number of carbonyl (C=O) groups excluding carboxylic acids is 1. The fourth-order valence-corrected chi connectivity index (χ4v) is 10.9. The number of hydrogen-bond donors (Lipinski definition) is 2. The Morgan fingerprint density at radius 1 is 1.06 bits per heavy atom. The second-order valence-corrected chi connectivity index (χ2v) is 17.0. The largest absolute Gasteiger partial charge is 0.495 e. The van der Waals surface area contributed by atoms with Crippen molar-refractivity contribution in [1.82, 2.24) is 0 Å². The lowest BCUT2D eigenvalue weighted by Gasteiger charge is -2.53. The van der Waals surface area contributed by atoms with E-state index < -0.39 is 12.4 Å². The van der Waals surface area contributed by atoms with Gasteiger partial charge in [0.15, 0.2) is 12.1 Å². The Morgan fingerprint density at radius 2 is 1.75 bits per heavy atom. The number of aliphatic hydroxyl groups is 1. The van der Waals surface area contributed by atoms with Gasteiger partial charge in [-0.15, -0.1) is 0 Å². The molecule has 0 radical (unpaired) electrons. The summed E-state index contributed by atoms with van der Waals surface area (Å²) < 4.78 is 31.5. The van der Waals surface area contributed by atoms with E-state index >= 15 is 0 Å². The zero-order valence-electron chi connectivity index (χ0n) is 32.7. The SMILES string of the molecule is C=C1C[C@@H]2C(=C[C@@H]3[C@H]2[C@@H](Nc2c(C)cccc2C)[C@H](O)[C@@H]2C[C@@H](O[C@@H]4OC(C)[C@H](OC)C(OC)C4C)C[C@@]32C)C(=O)[C@H](C)CCCC[C@H](CC)O1. The lowest BCUT2D eigenvalue weighted by atomic mass is 9.55. The van der Waals surface area contributed by atoms with Gasteiger partial charge in [0.05, 0.1) is 42.3 Å². The van der Waals surface area contributed by atoms with Crippen molar-refractivity contribution in [2.75, 3.05) is 19.5 Å². The quantitative estimate of drug-likeness (QED) is 0.295. The molecule has 4 fully saturated rings. The second kappa shape index (κ2) is 15.6. The number of ether oxygens (including phenoxy) is 5. The van der Waals surface area contributed by atoms with Crippen LogP contribution >= 0.6 is 0 Å². The molecule has 5 aliphatic rings. The van der Waals surface area contributed by atoms with E-state index in [1.807, 2.05) is 6.92 Å². The lowest BCUT2D eigenvalue weighted by molar-refractivity contribution is -0.292. The molecule has 8 heteroatoms. The average molecular weight is 708 g/mol. The topological polar surface area (TPSA) is 95.5 Å². The van der Waals surface area contributed by atoms with Crippen molar-refractivity contribution in [2.24, 2.45) is 40.9 Å². The predicted molar refractivity (Wildman–Crippen MR) is 200 cm³/mol. The third-order valence-electron chi connectivity index (χ3n) is 13.8. The monoisotopic (exact) mass is 707 g/mol. The van der Waals surface area contributed by atoms with E-state index in [0.29, 0.717) is 12.8 Å². The molecule has 0 amide bonds. The molecule has 2 saturated carbocycles. The highest BCUT2D eigenvalue weighted by atomic mass is 16.7. The van der Waals surface area contributed by atoms with Gasteiger partial charge in [-0.25, -0.2) is 0 Å². The molecule has 0 aromatic heterocycles. The first kappa shape index (κ1) is 38.5. The van der Waals surface area contributed by atoms with Gasteiger partial charge in [-0.3, -0.25) is 4.79 Å². The van der Waals surface area contributed by atoms with Gasteiger partial charge in [0.1, 0.15) is 6.10 Å². The molecule has 2 saturated heterocycles. The Bertz CT molecular complexity index is 1420.